The molecule has 2 aromatic carbocycles. The Morgan fingerprint density at radius 2 is 0.692 bits per heavy atom. The third kappa shape index (κ3) is 13.2. The van der Waals surface area contributed by atoms with Crippen LogP contribution in [0.4, 0.5) is 11.4 Å². The molecule has 4 radical (unpaired) electrons. The third-order valence-electron chi connectivity index (χ3n) is 6.84. The normalized spacial score (nSPS) is 13.2. The quantitative estimate of drug-likeness (QED) is 0.180. The molecule has 0 aliphatic rings. The van der Waals surface area contributed by atoms with Gasteiger partial charge in [0.15, 0.2) is 0 Å². The molecule has 0 aliphatic heterocycles. The van der Waals surface area contributed by atoms with Gasteiger partial charge < -0.3 is 9.80 Å². The summed E-state index contributed by atoms with van der Waals surface area (Å²) in [6.45, 7) is 30.5. The van der Waals surface area contributed by atoms with Gasteiger partial charge in [-0.15, -0.1) is 0 Å². The Bertz CT molecular complexity index is 898. The second-order valence-corrected chi connectivity index (χ2v) is 43.0. The summed E-state index contributed by atoms with van der Waals surface area (Å²) >= 11 is 0. The van der Waals surface area contributed by atoms with Crippen LogP contribution < -0.4 is 20.4 Å². The van der Waals surface area contributed by atoms with Crippen molar-refractivity contribution in [3.05, 3.63) is 48.5 Å². The van der Waals surface area contributed by atoms with Crippen molar-refractivity contribution in [1.29, 1.82) is 0 Å². The van der Waals surface area contributed by atoms with Gasteiger partial charge in [0.25, 0.3) is 0 Å². The first-order valence-electron chi connectivity index (χ1n) is 14.1. The zero-order chi connectivity index (χ0) is 29.7. The molecule has 0 aliphatic carbocycles. The van der Waals surface area contributed by atoms with Crippen LogP contribution in [0.5, 0.6) is 0 Å². The predicted molar refractivity (Wildman–Crippen MR) is 204 cm³/mol. The fourth-order valence-corrected chi connectivity index (χ4v) is 37.2. The molecule has 2 rings (SSSR count). The van der Waals surface area contributed by atoms with Gasteiger partial charge in [0.1, 0.15) is 0 Å². The summed E-state index contributed by atoms with van der Waals surface area (Å²) < 4.78 is 0. The van der Waals surface area contributed by atoms with Crippen molar-refractivity contribution in [3.63, 3.8) is 0 Å². The predicted octanol–water partition coefficient (Wildman–Crippen LogP) is 7.98. The molecule has 2 nitrogen and oxygen atoms in total. The van der Waals surface area contributed by atoms with Crippen LogP contribution in [-0.2, 0) is 0 Å². The summed E-state index contributed by atoms with van der Waals surface area (Å²) in [6.07, 6.45) is 0. The van der Waals surface area contributed by atoms with Crippen LogP contribution in [0.3, 0.4) is 0 Å². The van der Waals surface area contributed by atoms with Gasteiger partial charge in [-0.25, -0.2) is 0 Å². The van der Waals surface area contributed by atoms with Crippen LogP contribution in [0.25, 0.3) is 0 Å². The van der Waals surface area contributed by atoms with Crippen LogP contribution in [0.2, 0.25) is 78.6 Å². The summed E-state index contributed by atoms with van der Waals surface area (Å²) in [5.74, 6) is 0. The number of hydrogen-bond donors (Lipinski definition) is 0. The van der Waals surface area contributed by atoms with Crippen molar-refractivity contribution >= 4 is 95.3 Å². The largest absolute Gasteiger partial charge is 0.377 e. The first kappa shape index (κ1) is 39.6. The summed E-state index contributed by atoms with van der Waals surface area (Å²) in [4.78, 5) is 6.43. The van der Waals surface area contributed by atoms with Gasteiger partial charge in [0.2, 0.25) is 0 Å². The molecule has 220 valence electrons. The molecular formula is C30H60N2P2Si4Sn. The molecule has 0 N–H and O–H groups in total. The molecule has 0 bridgehead atoms. The zero-order valence-electron chi connectivity index (χ0n) is 28.2. The second kappa shape index (κ2) is 15.9. The minimum atomic E-state index is -1.11. The van der Waals surface area contributed by atoms with Crippen LogP contribution in [0, 0.1) is 0 Å². The van der Waals surface area contributed by atoms with Crippen LogP contribution in [0.1, 0.15) is 0 Å². The number of hydrogen-bond acceptors (Lipinski definition) is 2. The second-order valence-electron chi connectivity index (χ2n) is 15.4. The average molecular weight is 742 g/mol. The molecule has 2 unspecified atom stereocenters. The molecule has 9 heteroatoms. The van der Waals surface area contributed by atoms with Crippen LogP contribution in [-0.4, -0.2) is 94.2 Å². The molecule has 0 saturated carbocycles. The molecule has 0 aromatic heterocycles. The first-order chi connectivity index (χ1) is 17.1. The summed E-state index contributed by atoms with van der Waals surface area (Å²) in [5.41, 5.74) is 2.81. The van der Waals surface area contributed by atoms with Crippen molar-refractivity contribution in [2.45, 2.75) is 88.4 Å². The Morgan fingerprint density at radius 1 is 0.462 bits per heavy atom. The molecule has 0 amide bonds. The Labute approximate surface area is 268 Å². The van der Waals surface area contributed by atoms with Crippen molar-refractivity contribution in [3.8, 4) is 0 Å². The van der Waals surface area contributed by atoms with Crippen molar-refractivity contribution in [1.82, 2.24) is 0 Å². The third-order valence-corrected chi connectivity index (χ3v) is 38.3. The fourth-order valence-electron chi connectivity index (χ4n) is 5.75. The smallest absolute Gasteiger partial charge is 0.0492 e. The van der Waals surface area contributed by atoms with Crippen molar-refractivity contribution in [2.24, 2.45) is 0 Å². The summed E-state index contributed by atoms with van der Waals surface area (Å²) in [6, 6.07) is 17.9. The van der Waals surface area contributed by atoms with Gasteiger partial charge in [-0.1, -0.05) is 132 Å². The first-order valence-corrected chi connectivity index (χ1v) is 30.6. The van der Waals surface area contributed by atoms with Crippen molar-refractivity contribution in [2.75, 3.05) is 38.0 Å². The average Bonchev–Trinajstić information content (AvgIpc) is 2.73. The van der Waals surface area contributed by atoms with E-state index in [1.807, 2.05) is 0 Å². The topological polar surface area (TPSA) is 6.48 Å². The van der Waals surface area contributed by atoms with E-state index in [9.17, 15) is 0 Å². The van der Waals surface area contributed by atoms with Crippen LogP contribution in [0.15, 0.2) is 48.5 Å². The van der Waals surface area contributed by atoms with E-state index >= 15 is 0 Å². The molecule has 2 aromatic rings. The Morgan fingerprint density at radius 3 is 0.897 bits per heavy atom. The Balaban J connectivity index is 0.000000722. The molecule has 0 spiro atoms. The van der Waals surface area contributed by atoms with Gasteiger partial charge in [-0.3, -0.25) is 0 Å². The minimum Gasteiger partial charge on any atom is -0.377 e. The van der Waals surface area contributed by atoms with E-state index in [0.29, 0.717) is 0 Å². The molecule has 2 atom stereocenters. The van der Waals surface area contributed by atoms with Crippen LogP contribution >= 0.6 is 17.2 Å². The minimum absolute atomic E-state index is 0. The molecule has 0 fully saturated rings. The Kier molecular flexibility index (Phi) is 16.1. The van der Waals surface area contributed by atoms with Gasteiger partial charge in [-0.05, 0) is 32.6 Å². The van der Waals surface area contributed by atoms with Gasteiger partial charge in [-0.2, -0.15) is 0 Å². The number of rotatable bonds is 10. The van der Waals surface area contributed by atoms with Gasteiger partial charge in [0.05, 0.1) is 0 Å². The number of para-hydroxylation sites is 2. The molecular weight excluding hydrogens is 681 g/mol. The Hall–Kier alpha value is 0.566. The van der Waals surface area contributed by atoms with E-state index in [-0.39, 0.29) is 23.9 Å². The zero-order valence-corrected chi connectivity index (χ0v) is 37.0. The van der Waals surface area contributed by atoms with E-state index in [0.717, 1.165) is 27.0 Å². The van der Waals surface area contributed by atoms with Gasteiger partial charge in [0, 0.05) is 95.8 Å². The number of anilines is 2. The van der Waals surface area contributed by atoms with E-state index in [1.54, 1.807) is 10.6 Å². The monoisotopic (exact) mass is 742 g/mol. The molecule has 39 heavy (non-hydrogen) atoms. The maximum Gasteiger partial charge on any atom is 0.0492 e. The summed E-state index contributed by atoms with van der Waals surface area (Å²) in [7, 11) is 6.13. The maximum absolute atomic E-state index is 2.54. The summed E-state index contributed by atoms with van der Waals surface area (Å²) in [5, 5.41) is 3.12. The molecule has 0 heterocycles. The van der Waals surface area contributed by atoms with E-state index in [4.69, 9.17) is 0 Å². The standard InChI is InChI=1S/2C15H30NPSi2.Sn/c2*1-16(2)13-11-9-10-12-14(13)17-15(18(3,4)5)19(6,7)8;/h2*9-12,15,17H,1-8H3;. The van der Waals surface area contributed by atoms with Crippen molar-refractivity contribution < 1.29 is 0 Å². The maximum atomic E-state index is 2.54. The van der Waals surface area contributed by atoms with E-state index in [1.165, 1.54) is 11.4 Å². The molecule has 0 saturated heterocycles. The number of nitrogens with zero attached hydrogens (tertiary/aromatic N) is 2. The SMILES string of the molecule is CN(C)c1ccccc1PC([Si](C)(C)C)[Si](C)(C)C.CN(C)c1ccccc1PC([Si](C)(C)C)[Si](C)(C)C.[Sn]. The fraction of sp³-hybridized carbons (Fsp3) is 0.600. The van der Waals surface area contributed by atoms with E-state index in [2.05, 4.69) is 165 Å². The van der Waals surface area contributed by atoms with Gasteiger partial charge >= 0.3 is 0 Å². The van der Waals surface area contributed by atoms with E-state index < -0.39 is 32.3 Å². The number of benzene rings is 2.